The van der Waals surface area contributed by atoms with Gasteiger partial charge in [-0.25, -0.2) is 15.0 Å². The van der Waals surface area contributed by atoms with Crippen LogP contribution in [0.4, 0.5) is 0 Å². The van der Waals surface area contributed by atoms with Gasteiger partial charge in [0.05, 0.1) is 16.9 Å². The molecular formula is C55H33N3O2. The maximum Gasteiger partial charge on any atom is 0.162 e. The van der Waals surface area contributed by atoms with Crippen molar-refractivity contribution in [3.63, 3.8) is 0 Å². The topological polar surface area (TPSA) is 65.0 Å². The summed E-state index contributed by atoms with van der Waals surface area (Å²) in [7, 11) is 0. The first-order valence-corrected chi connectivity index (χ1v) is 20.1. The second kappa shape index (κ2) is 13.8. The summed E-state index contributed by atoms with van der Waals surface area (Å²) < 4.78 is 12.9. The molecule has 0 amide bonds. The van der Waals surface area contributed by atoms with E-state index in [2.05, 4.69) is 140 Å². The molecule has 12 rings (SSSR count). The zero-order chi connectivity index (χ0) is 39.6. The number of benzene rings is 8. The summed E-state index contributed by atoms with van der Waals surface area (Å²) in [5, 5.41) is 5.43. The van der Waals surface area contributed by atoms with Gasteiger partial charge in [-0.2, -0.15) is 0 Å². The van der Waals surface area contributed by atoms with Gasteiger partial charge in [-0.1, -0.05) is 164 Å². The molecule has 4 aromatic heterocycles. The van der Waals surface area contributed by atoms with E-state index in [0.717, 1.165) is 116 Å². The number of rotatable bonds is 6. The van der Waals surface area contributed by atoms with Crippen LogP contribution in [-0.2, 0) is 0 Å². The molecule has 0 unspecified atom stereocenters. The molecule has 0 N–H and O–H groups in total. The lowest BCUT2D eigenvalue weighted by Crippen LogP contribution is -1.96. The number of fused-ring (bicyclic) bond motifs is 8. The SMILES string of the molecule is c1ccc(-c2nc(-c3ccc(-c4cccc5c4oc4ccccc45)cc3)cc(-c3cccc(-c4ccc5nc(-c6ccccc6)c6oc7ccccc7c6c5c4)c3)n2)cc1. The molecule has 0 saturated carbocycles. The van der Waals surface area contributed by atoms with Crippen molar-refractivity contribution in [2.24, 2.45) is 0 Å². The van der Waals surface area contributed by atoms with Crippen LogP contribution in [-0.4, -0.2) is 15.0 Å². The molecular weight excluding hydrogens is 735 g/mol. The Morgan fingerprint density at radius 3 is 1.68 bits per heavy atom. The minimum atomic E-state index is 0.671. The molecule has 0 saturated heterocycles. The van der Waals surface area contributed by atoms with Crippen LogP contribution in [0.25, 0.3) is 122 Å². The summed E-state index contributed by atoms with van der Waals surface area (Å²) in [6.07, 6.45) is 0. The van der Waals surface area contributed by atoms with E-state index in [1.807, 2.05) is 60.7 Å². The van der Waals surface area contributed by atoms with Crippen molar-refractivity contribution < 1.29 is 8.83 Å². The van der Waals surface area contributed by atoms with Gasteiger partial charge in [0, 0.05) is 54.7 Å². The minimum absolute atomic E-state index is 0.671. The first-order valence-electron chi connectivity index (χ1n) is 20.1. The lowest BCUT2D eigenvalue weighted by Gasteiger charge is -2.12. The molecule has 60 heavy (non-hydrogen) atoms. The molecule has 0 bridgehead atoms. The molecule has 0 aliphatic carbocycles. The highest BCUT2D eigenvalue weighted by molar-refractivity contribution is 6.21. The first kappa shape index (κ1) is 33.9. The van der Waals surface area contributed by atoms with E-state index < -0.39 is 0 Å². The Labute approximate surface area is 344 Å². The van der Waals surface area contributed by atoms with E-state index in [1.165, 1.54) is 0 Å². The summed E-state index contributed by atoms with van der Waals surface area (Å²) in [6, 6.07) is 69.0. The molecule has 8 aromatic carbocycles. The Balaban J connectivity index is 0.961. The third-order valence-corrected chi connectivity index (χ3v) is 11.5. The van der Waals surface area contributed by atoms with Gasteiger partial charge < -0.3 is 8.83 Å². The van der Waals surface area contributed by atoms with Gasteiger partial charge in [-0.15, -0.1) is 0 Å². The van der Waals surface area contributed by atoms with E-state index in [-0.39, 0.29) is 0 Å². The van der Waals surface area contributed by atoms with Gasteiger partial charge >= 0.3 is 0 Å². The Kier molecular flexibility index (Phi) is 7.78. The number of nitrogens with zero attached hydrogens (tertiary/aromatic N) is 3. The van der Waals surface area contributed by atoms with Crippen molar-refractivity contribution in [2.75, 3.05) is 0 Å². The minimum Gasteiger partial charge on any atom is -0.455 e. The Hall–Kier alpha value is -8.15. The molecule has 0 radical (unpaired) electrons. The van der Waals surface area contributed by atoms with Gasteiger partial charge in [-0.05, 0) is 53.1 Å². The highest BCUT2D eigenvalue weighted by atomic mass is 16.3. The van der Waals surface area contributed by atoms with Gasteiger partial charge in [0.25, 0.3) is 0 Å². The van der Waals surface area contributed by atoms with Crippen LogP contribution in [0.2, 0.25) is 0 Å². The van der Waals surface area contributed by atoms with Crippen LogP contribution in [0.5, 0.6) is 0 Å². The summed E-state index contributed by atoms with van der Waals surface area (Å²) in [5.41, 5.74) is 15.1. The van der Waals surface area contributed by atoms with E-state index in [9.17, 15) is 0 Å². The number of hydrogen-bond acceptors (Lipinski definition) is 5. The third-order valence-electron chi connectivity index (χ3n) is 11.5. The van der Waals surface area contributed by atoms with Gasteiger partial charge in [0.15, 0.2) is 11.4 Å². The van der Waals surface area contributed by atoms with Gasteiger partial charge in [0.1, 0.15) is 22.4 Å². The van der Waals surface area contributed by atoms with E-state index in [1.54, 1.807) is 0 Å². The largest absolute Gasteiger partial charge is 0.455 e. The van der Waals surface area contributed by atoms with Crippen molar-refractivity contribution in [2.45, 2.75) is 0 Å². The number of pyridine rings is 1. The quantitative estimate of drug-likeness (QED) is 0.169. The molecule has 0 fully saturated rings. The molecule has 280 valence electrons. The molecule has 5 heteroatoms. The fourth-order valence-corrected chi connectivity index (χ4v) is 8.57. The Morgan fingerprint density at radius 1 is 0.317 bits per heavy atom. The maximum absolute atomic E-state index is 6.54. The normalized spacial score (nSPS) is 11.7. The lowest BCUT2D eigenvalue weighted by molar-refractivity contribution is 0.668. The van der Waals surface area contributed by atoms with Gasteiger partial charge in [-0.3, -0.25) is 0 Å². The second-order valence-corrected chi connectivity index (χ2v) is 15.1. The van der Waals surface area contributed by atoms with E-state index in [0.29, 0.717) is 5.82 Å². The van der Waals surface area contributed by atoms with Crippen molar-refractivity contribution in [1.29, 1.82) is 0 Å². The predicted octanol–water partition coefficient (Wildman–Crippen LogP) is 14.8. The van der Waals surface area contributed by atoms with Crippen molar-refractivity contribution in [3.8, 4) is 67.4 Å². The molecule has 0 atom stereocenters. The standard InChI is InChI=1S/C55H33N3O2/c1-3-13-36(14-4-1)52-54-51(44-20-8-10-24-50(44)60-54)45-32-39(29-30-46(45)56-52)38-17-11-18-40(31-38)48-33-47(57-55(58-48)37-15-5-2-6-16-37)35-27-25-34(26-28-35)41-21-12-22-43-42-19-7-9-23-49(42)59-53(41)43/h1-33H. The molecule has 0 spiro atoms. The number of hydrogen-bond donors (Lipinski definition) is 0. The van der Waals surface area contributed by atoms with E-state index >= 15 is 0 Å². The molecule has 4 heterocycles. The van der Waals surface area contributed by atoms with Crippen LogP contribution in [0.3, 0.4) is 0 Å². The zero-order valence-corrected chi connectivity index (χ0v) is 32.2. The molecule has 5 nitrogen and oxygen atoms in total. The van der Waals surface area contributed by atoms with Crippen molar-refractivity contribution in [1.82, 2.24) is 15.0 Å². The highest BCUT2D eigenvalue weighted by Gasteiger charge is 2.19. The predicted molar refractivity (Wildman–Crippen MR) is 245 cm³/mol. The lowest BCUT2D eigenvalue weighted by atomic mass is 9.97. The fourth-order valence-electron chi connectivity index (χ4n) is 8.57. The zero-order valence-electron chi connectivity index (χ0n) is 32.2. The third kappa shape index (κ3) is 5.67. The van der Waals surface area contributed by atoms with Crippen LogP contribution >= 0.6 is 0 Å². The van der Waals surface area contributed by atoms with Gasteiger partial charge in [0.2, 0.25) is 0 Å². The maximum atomic E-state index is 6.54. The van der Waals surface area contributed by atoms with Crippen LogP contribution in [0.15, 0.2) is 209 Å². The summed E-state index contributed by atoms with van der Waals surface area (Å²) in [4.78, 5) is 15.5. The Morgan fingerprint density at radius 2 is 0.883 bits per heavy atom. The van der Waals surface area contributed by atoms with E-state index in [4.69, 9.17) is 23.8 Å². The fraction of sp³-hybridized carbons (Fsp3) is 0. The number of furan rings is 2. The van der Waals surface area contributed by atoms with Crippen molar-refractivity contribution >= 4 is 54.8 Å². The summed E-state index contributed by atoms with van der Waals surface area (Å²) in [5.74, 6) is 0.671. The Bertz CT molecular complexity index is 3590. The monoisotopic (exact) mass is 767 g/mol. The number of aromatic nitrogens is 3. The molecule has 0 aliphatic heterocycles. The number of para-hydroxylation sites is 3. The average Bonchev–Trinajstić information content (AvgIpc) is 3.91. The van der Waals surface area contributed by atoms with Crippen LogP contribution in [0, 0.1) is 0 Å². The summed E-state index contributed by atoms with van der Waals surface area (Å²) in [6.45, 7) is 0. The first-order chi connectivity index (χ1) is 29.7. The summed E-state index contributed by atoms with van der Waals surface area (Å²) >= 11 is 0. The molecule has 0 aliphatic rings. The average molecular weight is 768 g/mol. The van der Waals surface area contributed by atoms with Crippen molar-refractivity contribution in [3.05, 3.63) is 200 Å². The second-order valence-electron chi connectivity index (χ2n) is 15.1. The van der Waals surface area contributed by atoms with Crippen LogP contribution < -0.4 is 0 Å². The van der Waals surface area contributed by atoms with Crippen LogP contribution in [0.1, 0.15) is 0 Å². The molecule has 12 aromatic rings. The smallest absolute Gasteiger partial charge is 0.162 e. The highest BCUT2D eigenvalue weighted by Crippen LogP contribution is 2.41.